The molecule has 0 bridgehead atoms. The van der Waals surface area contributed by atoms with Gasteiger partial charge < -0.3 is 14.2 Å². The van der Waals surface area contributed by atoms with Crippen LogP contribution in [-0.2, 0) is 9.53 Å². The molecule has 1 aliphatic heterocycles. The summed E-state index contributed by atoms with van der Waals surface area (Å²) in [5, 5.41) is 0. The summed E-state index contributed by atoms with van der Waals surface area (Å²) in [7, 11) is 3.14. The van der Waals surface area contributed by atoms with Crippen molar-refractivity contribution in [1.82, 2.24) is 4.57 Å². The maximum Gasteiger partial charge on any atom is 0.338 e. The number of ether oxygens (including phenoxy) is 3. The lowest BCUT2D eigenvalue weighted by molar-refractivity contribution is -0.139. The zero-order chi connectivity index (χ0) is 24.4. The number of halogens is 1. The van der Waals surface area contributed by atoms with Crippen molar-refractivity contribution in [2.24, 2.45) is 4.99 Å². The Balaban J connectivity index is 1.96. The third kappa shape index (κ3) is 4.33. The molecule has 0 spiro atoms. The zero-order valence-corrected chi connectivity index (χ0v) is 21.5. The van der Waals surface area contributed by atoms with Gasteiger partial charge in [0.05, 0.1) is 47.1 Å². The van der Waals surface area contributed by atoms with Crippen molar-refractivity contribution in [2.45, 2.75) is 19.9 Å². The predicted octanol–water partition coefficient (Wildman–Crippen LogP) is 3.58. The standard InChI is InChI=1S/C25H23BrN2O5S/c1-5-33-24(30)21-14(2)27-25-28(22(21)15-9-7-6-8-10-15)23(29)20(34-25)12-16-11-17(26)19(32-4)13-18(16)31-3/h6-13,22H,5H2,1-4H3/b20-12-. The van der Waals surface area contributed by atoms with E-state index in [1.165, 1.54) is 11.3 Å². The lowest BCUT2D eigenvalue weighted by Crippen LogP contribution is -2.39. The number of aromatic nitrogens is 1. The minimum absolute atomic E-state index is 0.230. The van der Waals surface area contributed by atoms with E-state index in [0.717, 1.165) is 10.0 Å². The van der Waals surface area contributed by atoms with Gasteiger partial charge >= 0.3 is 5.97 Å². The third-order valence-electron chi connectivity index (χ3n) is 5.42. The summed E-state index contributed by atoms with van der Waals surface area (Å²) < 4.78 is 18.9. The van der Waals surface area contributed by atoms with Crippen molar-refractivity contribution in [3.05, 3.63) is 89.0 Å². The number of hydrogen-bond acceptors (Lipinski definition) is 7. The van der Waals surface area contributed by atoms with E-state index in [1.807, 2.05) is 36.4 Å². The Morgan fingerprint density at radius 3 is 2.53 bits per heavy atom. The molecule has 7 nitrogen and oxygen atoms in total. The van der Waals surface area contributed by atoms with E-state index in [0.29, 0.717) is 37.7 Å². The van der Waals surface area contributed by atoms with Crippen LogP contribution in [0.1, 0.15) is 31.0 Å². The molecule has 0 amide bonds. The molecule has 2 heterocycles. The lowest BCUT2D eigenvalue weighted by atomic mass is 9.96. The average molecular weight is 543 g/mol. The van der Waals surface area contributed by atoms with Gasteiger partial charge in [-0.15, -0.1) is 0 Å². The molecule has 1 unspecified atom stereocenters. The first-order chi connectivity index (χ1) is 16.4. The number of carbonyl (C=O) groups is 1. The molecule has 0 radical (unpaired) electrons. The van der Waals surface area contributed by atoms with Gasteiger partial charge in [-0.2, -0.15) is 0 Å². The highest BCUT2D eigenvalue weighted by Gasteiger charge is 2.33. The van der Waals surface area contributed by atoms with Crippen molar-refractivity contribution in [2.75, 3.05) is 20.8 Å². The summed E-state index contributed by atoms with van der Waals surface area (Å²) in [6.07, 6.45) is 1.76. The van der Waals surface area contributed by atoms with Crippen molar-refractivity contribution >= 4 is 39.3 Å². The molecular weight excluding hydrogens is 520 g/mol. The Morgan fingerprint density at radius 1 is 1.18 bits per heavy atom. The second kappa shape index (κ2) is 9.99. The Labute approximate surface area is 208 Å². The largest absolute Gasteiger partial charge is 0.496 e. The van der Waals surface area contributed by atoms with E-state index in [4.69, 9.17) is 14.2 Å². The summed E-state index contributed by atoms with van der Waals surface area (Å²) in [5.41, 5.74) is 2.15. The van der Waals surface area contributed by atoms with E-state index < -0.39 is 12.0 Å². The SMILES string of the molecule is CCOC(=O)C1=C(C)N=c2s/c(=C\c3cc(Br)c(OC)cc3OC)c(=O)n2C1c1ccccc1. The topological polar surface area (TPSA) is 79.1 Å². The minimum atomic E-state index is -0.636. The molecular formula is C25H23BrN2O5S. The minimum Gasteiger partial charge on any atom is -0.496 e. The molecule has 0 saturated carbocycles. The predicted molar refractivity (Wildman–Crippen MR) is 134 cm³/mol. The van der Waals surface area contributed by atoms with Crippen LogP contribution in [-0.4, -0.2) is 31.4 Å². The fourth-order valence-corrected chi connectivity index (χ4v) is 5.44. The number of methoxy groups -OCH3 is 2. The van der Waals surface area contributed by atoms with Crippen LogP contribution in [0, 0.1) is 0 Å². The van der Waals surface area contributed by atoms with E-state index in [1.54, 1.807) is 44.8 Å². The number of esters is 1. The molecule has 4 rings (SSSR count). The first-order valence-corrected chi connectivity index (χ1v) is 12.2. The molecule has 0 aliphatic carbocycles. The highest BCUT2D eigenvalue weighted by atomic mass is 79.9. The van der Waals surface area contributed by atoms with Gasteiger partial charge in [-0.3, -0.25) is 9.36 Å². The number of thiazole rings is 1. The molecule has 1 atom stereocenters. The Kier molecular flexibility index (Phi) is 7.04. The van der Waals surface area contributed by atoms with Crippen molar-refractivity contribution < 1.29 is 19.0 Å². The number of nitrogens with zero attached hydrogens (tertiary/aromatic N) is 2. The van der Waals surface area contributed by atoms with Gasteiger partial charge in [0.1, 0.15) is 11.5 Å². The Hall–Kier alpha value is -3.17. The van der Waals surface area contributed by atoms with Crippen molar-refractivity contribution in [3.63, 3.8) is 0 Å². The van der Waals surface area contributed by atoms with Crippen LogP contribution in [0.15, 0.2) is 68.0 Å². The maximum absolute atomic E-state index is 13.7. The van der Waals surface area contributed by atoms with Crippen LogP contribution in [0.25, 0.3) is 6.08 Å². The molecule has 0 fully saturated rings. The molecule has 1 aliphatic rings. The van der Waals surface area contributed by atoms with Crippen LogP contribution in [0.4, 0.5) is 0 Å². The molecule has 1 aromatic heterocycles. The fourth-order valence-electron chi connectivity index (χ4n) is 3.88. The normalized spacial score (nSPS) is 15.6. The smallest absolute Gasteiger partial charge is 0.338 e. The zero-order valence-electron chi connectivity index (χ0n) is 19.1. The van der Waals surface area contributed by atoms with Gasteiger partial charge in [0, 0.05) is 11.6 Å². The molecule has 176 valence electrons. The van der Waals surface area contributed by atoms with Gasteiger partial charge in [-0.05, 0) is 47.5 Å². The van der Waals surface area contributed by atoms with Crippen molar-refractivity contribution in [3.8, 4) is 11.5 Å². The molecule has 34 heavy (non-hydrogen) atoms. The monoisotopic (exact) mass is 542 g/mol. The van der Waals surface area contributed by atoms with Crippen LogP contribution in [0.5, 0.6) is 11.5 Å². The first kappa shape index (κ1) is 24.0. The number of rotatable bonds is 6. The molecule has 3 aromatic rings. The quantitative estimate of drug-likeness (QED) is 0.445. The molecule has 0 saturated heterocycles. The molecule has 9 heteroatoms. The third-order valence-corrected chi connectivity index (χ3v) is 7.03. The number of benzene rings is 2. The van der Waals surface area contributed by atoms with Crippen molar-refractivity contribution in [1.29, 1.82) is 0 Å². The second-order valence-corrected chi connectivity index (χ2v) is 9.31. The first-order valence-electron chi connectivity index (χ1n) is 10.6. The van der Waals surface area contributed by atoms with Gasteiger partial charge in [0.25, 0.3) is 5.56 Å². The Morgan fingerprint density at radius 2 is 1.88 bits per heavy atom. The van der Waals surface area contributed by atoms with Crippen LogP contribution < -0.4 is 24.4 Å². The molecule has 2 aromatic carbocycles. The van der Waals surface area contributed by atoms with Crippen LogP contribution in [0.2, 0.25) is 0 Å². The highest BCUT2D eigenvalue weighted by molar-refractivity contribution is 9.10. The summed E-state index contributed by atoms with van der Waals surface area (Å²) in [4.78, 5) is 31.7. The van der Waals surface area contributed by atoms with Gasteiger partial charge in [-0.1, -0.05) is 41.7 Å². The number of carbonyl (C=O) groups excluding carboxylic acids is 1. The highest BCUT2D eigenvalue weighted by Crippen LogP contribution is 2.33. The summed E-state index contributed by atoms with van der Waals surface area (Å²) in [6.45, 7) is 3.75. The fraction of sp³-hybridized carbons (Fsp3) is 0.240. The second-order valence-electron chi connectivity index (χ2n) is 7.44. The van der Waals surface area contributed by atoms with Crippen LogP contribution >= 0.6 is 27.3 Å². The summed E-state index contributed by atoms with van der Waals surface area (Å²) >= 11 is 4.75. The number of fused-ring (bicyclic) bond motifs is 1. The number of hydrogen-bond donors (Lipinski definition) is 0. The van der Waals surface area contributed by atoms with E-state index in [-0.39, 0.29) is 12.2 Å². The maximum atomic E-state index is 13.7. The molecule has 0 N–H and O–H groups in total. The lowest BCUT2D eigenvalue weighted by Gasteiger charge is -2.24. The summed E-state index contributed by atoms with van der Waals surface area (Å²) in [5.74, 6) is 0.704. The van der Waals surface area contributed by atoms with Gasteiger partial charge in [-0.25, -0.2) is 9.79 Å². The number of allylic oxidation sites excluding steroid dienone is 1. The van der Waals surface area contributed by atoms with Gasteiger partial charge in [0.2, 0.25) is 0 Å². The van der Waals surface area contributed by atoms with Gasteiger partial charge in [0.15, 0.2) is 4.80 Å². The van der Waals surface area contributed by atoms with E-state index in [9.17, 15) is 9.59 Å². The van der Waals surface area contributed by atoms with E-state index in [2.05, 4.69) is 20.9 Å². The average Bonchev–Trinajstić information content (AvgIpc) is 3.13. The van der Waals surface area contributed by atoms with Crippen LogP contribution in [0.3, 0.4) is 0 Å². The Bertz CT molecular complexity index is 1460. The summed E-state index contributed by atoms with van der Waals surface area (Å²) in [6, 6.07) is 12.4. The van der Waals surface area contributed by atoms with E-state index >= 15 is 0 Å².